The van der Waals surface area contributed by atoms with Gasteiger partial charge in [0.05, 0.1) is 17.1 Å². The van der Waals surface area contributed by atoms with Gasteiger partial charge in [0.25, 0.3) is 0 Å². The van der Waals surface area contributed by atoms with E-state index in [1.165, 1.54) is 49.5 Å². The molecule has 2 heterocycles. The van der Waals surface area contributed by atoms with E-state index in [0.29, 0.717) is 5.82 Å². The number of fused-ring (bicyclic) bond motifs is 5. The topological polar surface area (TPSA) is 38.7 Å². The molecule has 0 saturated heterocycles. The standard InChI is InChI=1S/C44H31N3/c1-44(2)38-26-31(19-20-35(38)37-24-29-14-6-7-15-30(29)25-39(37)44)32-21-22-36(34-17-9-8-16-33(32)34)43-46-41(28-12-4-3-5-13-28)27-42(47-43)40-18-10-11-23-45-40/h3-27H,1-2H3. The van der Waals surface area contributed by atoms with Crippen LogP contribution in [0.4, 0.5) is 0 Å². The first-order chi connectivity index (χ1) is 23.0. The van der Waals surface area contributed by atoms with Gasteiger partial charge in [0, 0.05) is 22.7 Å². The summed E-state index contributed by atoms with van der Waals surface area (Å²) in [6.45, 7) is 4.71. The lowest BCUT2D eigenvalue weighted by atomic mass is 9.81. The minimum absolute atomic E-state index is 0.103. The zero-order valence-electron chi connectivity index (χ0n) is 26.3. The molecule has 0 spiro atoms. The summed E-state index contributed by atoms with van der Waals surface area (Å²) in [6.07, 6.45) is 1.81. The van der Waals surface area contributed by atoms with E-state index in [1.54, 1.807) is 0 Å². The summed E-state index contributed by atoms with van der Waals surface area (Å²) in [5, 5.41) is 4.87. The van der Waals surface area contributed by atoms with Crippen molar-refractivity contribution in [2.45, 2.75) is 19.3 Å². The number of nitrogens with zero attached hydrogens (tertiary/aromatic N) is 3. The summed E-state index contributed by atoms with van der Waals surface area (Å²) in [5.41, 5.74) is 12.3. The van der Waals surface area contributed by atoms with Crippen molar-refractivity contribution in [3.63, 3.8) is 0 Å². The van der Waals surface area contributed by atoms with Crippen molar-refractivity contribution in [2.75, 3.05) is 0 Å². The van der Waals surface area contributed by atoms with Crippen LogP contribution in [-0.4, -0.2) is 15.0 Å². The molecule has 6 aromatic carbocycles. The van der Waals surface area contributed by atoms with Crippen molar-refractivity contribution in [1.82, 2.24) is 15.0 Å². The SMILES string of the molecule is CC1(C)c2cc(-c3ccc(-c4nc(-c5ccccc5)cc(-c5ccccn5)n4)c4ccccc34)ccc2-c2cc3ccccc3cc21. The Bertz CT molecular complexity index is 2420. The van der Waals surface area contributed by atoms with Crippen molar-refractivity contribution in [3.8, 4) is 56.3 Å². The lowest BCUT2D eigenvalue weighted by molar-refractivity contribution is 0.661. The highest BCUT2D eigenvalue weighted by Crippen LogP contribution is 2.51. The quantitative estimate of drug-likeness (QED) is 0.201. The van der Waals surface area contributed by atoms with E-state index in [9.17, 15) is 0 Å². The third-order valence-corrected chi connectivity index (χ3v) is 9.74. The van der Waals surface area contributed by atoms with Crippen LogP contribution < -0.4 is 0 Å². The lowest BCUT2D eigenvalue weighted by Crippen LogP contribution is -2.15. The molecule has 0 fully saturated rings. The molecule has 3 nitrogen and oxygen atoms in total. The highest BCUT2D eigenvalue weighted by molar-refractivity contribution is 6.05. The number of aromatic nitrogens is 3. The minimum atomic E-state index is -0.103. The van der Waals surface area contributed by atoms with Gasteiger partial charge in [-0.2, -0.15) is 0 Å². The third-order valence-electron chi connectivity index (χ3n) is 9.74. The molecule has 0 atom stereocenters. The van der Waals surface area contributed by atoms with Gasteiger partial charge in [0.1, 0.15) is 0 Å². The minimum Gasteiger partial charge on any atom is -0.255 e. The number of pyridine rings is 1. The molecule has 1 aliphatic carbocycles. The number of hydrogen-bond acceptors (Lipinski definition) is 3. The van der Waals surface area contributed by atoms with E-state index >= 15 is 0 Å². The highest BCUT2D eigenvalue weighted by atomic mass is 14.9. The first-order valence-corrected chi connectivity index (χ1v) is 16.1. The number of hydrogen-bond donors (Lipinski definition) is 0. The van der Waals surface area contributed by atoms with Crippen LogP contribution in [0, 0.1) is 0 Å². The molecule has 0 aliphatic heterocycles. The fourth-order valence-corrected chi connectivity index (χ4v) is 7.30. The van der Waals surface area contributed by atoms with E-state index in [1.807, 2.05) is 48.7 Å². The number of rotatable bonds is 4. The Labute approximate surface area is 274 Å². The fraction of sp³-hybridized carbons (Fsp3) is 0.0682. The summed E-state index contributed by atoms with van der Waals surface area (Å²) >= 11 is 0. The van der Waals surface area contributed by atoms with Gasteiger partial charge in [-0.15, -0.1) is 0 Å². The monoisotopic (exact) mass is 601 g/mol. The molecule has 0 unspecified atom stereocenters. The smallest absolute Gasteiger partial charge is 0.161 e. The van der Waals surface area contributed by atoms with Crippen LogP contribution in [0.3, 0.4) is 0 Å². The normalized spacial score (nSPS) is 13.1. The molecule has 0 saturated carbocycles. The van der Waals surface area contributed by atoms with Gasteiger partial charge in [-0.3, -0.25) is 4.98 Å². The van der Waals surface area contributed by atoms with Gasteiger partial charge in [0.15, 0.2) is 5.82 Å². The molecule has 0 bridgehead atoms. The van der Waals surface area contributed by atoms with Crippen molar-refractivity contribution in [1.29, 1.82) is 0 Å². The Hall–Kier alpha value is -5.93. The molecule has 9 rings (SSSR count). The van der Waals surface area contributed by atoms with Crippen LogP contribution in [-0.2, 0) is 5.41 Å². The molecule has 2 aromatic heterocycles. The average Bonchev–Trinajstić information content (AvgIpc) is 3.35. The van der Waals surface area contributed by atoms with E-state index in [2.05, 4.69) is 122 Å². The van der Waals surface area contributed by atoms with Gasteiger partial charge >= 0.3 is 0 Å². The first kappa shape index (κ1) is 27.4. The second-order valence-electron chi connectivity index (χ2n) is 12.9. The van der Waals surface area contributed by atoms with Crippen LogP contribution >= 0.6 is 0 Å². The molecule has 0 amide bonds. The maximum Gasteiger partial charge on any atom is 0.161 e. The summed E-state index contributed by atoms with van der Waals surface area (Å²) in [5.74, 6) is 0.687. The van der Waals surface area contributed by atoms with E-state index in [4.69, 9.17) is 9.97 Å². The molecule has 222 valence electrons. The van der Waals surface area contributed by atoms with Crippen LogP contribution in [0.15, 0.2) is 152 Å². The first-order valence-electron chi connectivity index (χ1n) is 16.1. The predicted molar refractivity (Wildman–Crippen MR) is 194 cm³/mol. The van der Waals surface area contributed by atoms with Crippen molar-refractivity contribution in [2.24, 2.45) is 0 Å². The summed E-state index contributed by atoms with van der Waals surface area (Å²) in [6, 6.07) is 51.7. The fourth-order valence-electron chi connectivity index (χ4n) is 7.30. The largest absolute Gasteiger partial charge is 0.255 e. The zero-order chi connectivity index (χ0) is 31.5. The molecule has 1 aliphatic rings. The van der Waals surface area contributed by atoms with Crippen molar-refractivity contribution < 1.29 is 0 Å². The van der Waals surface area contributed by atoms with Crippen molar-refractivity contribution in [3.05, 3.63) is 163 Å². The maximum absolute atomic E-state index is 5.13. The van der Waals surface area contributed by atoms with Crippen LogP contribution in [0.2, 0.25) is 0 Å². The molecule has 8 aromatic rings. The summed E-state index contributed by atoms with van der Waals surface area (Å²) in [4.78, 5) is 14.8. The second kappa shape index (κ2) is 10.6. The van der Waals surface area contributed by atoms with Crippen LogP contribution in [0.1, 0.15) is 25.0 Å². The molecule has 3 heteroatoms. The van der Waals surface area contributed by atoms with Gasteiger partial charge in [-0.05, 0) is 97.4 Å². The Balaban J connectivity index is 1.20. The Morgan fingerprint density at radius 2 is 1.06 bits per heavy atom. The summed E-state index contributed by atoms with van der Waals surface area (Å²) in [7, 11) is 0. The Kier molecular flexibility index (Phi) is 6.16. The molecular formula is C44H31N3. The van der Waals surface area contributed by atoms with E-state index in [0.717, 1.165) is 33.6 Å². The predicted octanol–water partition coefficient (Wildman–Crippen LogP) is 11.2. The van der Waals surface area contributed by atoms with Crippen LogP contribution in [0.25, 0.3) is 77.8 Å². The molecule has 0 N–H and O–H groups in total. The third kappa shape index (κ3) is 4.46. The maximum atomic E-state index is 5.13. The highest BCUT2D eigenvalue weighted by Gasteiger charge is 2.36. The second-order valence-corrected chi connectivity index (χ2v) is 12.9. The Morgan fingerprint density at radius 1 is 0.426 bits per heavy atom. The van der Waals surface area contributed by atoms with Gasteiger partial charge in [0.2, 0.25) is 0 Å². The van der Waals surface area contributed by atoms with Gasteiger partial charge < -0.3 is 0 Å². The zero-order valence-corrected chi connectivity index (χ0v) is 26.3. The molecule has 47 heavy (non-hydrogen) atoms. The Morgan fingerprint density at radius 3 is 1.85 bits per heavy atom. The summed E-state index contributed by atoms with van der Waals surface area (Å²) < 4.78 is 0. The van der Waals surface area contributed by atoms with Crippen LogP contribution in [0.5, 0.6) is 0 Å². The van der Waals surface area contributed by atoms with Crippen molar-refractivity contribution >= 4 is 21.5 Å². The number of benzene rings is 6. The van der Waals surface area contributed by atoms with Gasteiger partial charge in [-0.25, -0.2) is 9.97 Å². The lowest BCUT2D eigenvalue weighted by Gasteiger charge is -2.22. The van der Waals surface area contributed by atoms with E-state index in [-0.39, 0.29) is 5.41 Å². The van der Waals surface area contributed by atoms with Gasteiger partial charge in [-0.1, -0.05) is 117 Å². The average molecular weight is 602 g/mol. The van der Waals surface area contributed by atoms with E-state index < -0.39 is 0 Å². The molecule has 0 radical (unpaired) electrons. The molecular weight excluding hydrogens is 571 g/mol.